The van der Waals surface area contributed by atoms with E-state index in [9.17, 15) is 18.0 Å². The molecule has 3 rings (SSSR count). The van der Waals surface area contributed by atoms with Crippen LogP contribution >= 0.6 is 0 Å². The number of benzene rings is 2. The number of aromatic nitrogens is 1. The molecular weight excluding hydrogens is 442 g/mol. The van der Waals surface area contributed by atoms with Gasteiger partial charge in [-0.15, -0.1) is 0 Å². The summed E-state index contributed by atoms with van der Waals surface area (Å²) >= 11 is 0. The molecule has 0 spiro atoms. The molecule has 8 nitrogen and oxygen atoms in total. The first-order valence-corrected chi connectivity index (χ1v) is 11.7. The number of carbonyl (C=O) groups is 2. The molecule has 174 valence electrons. The second kappa shape index (κ2) is 9.60. The fourth-order valence-corrected chi connectivity index (χ4v) is 4.43. The Bertz CT molecular complexity index is 1310. The minimum atomic E-state index is -3.63. The monoisotopic (exact) mass is 469 g/mol. The van der Waals surface area contributed by atoms with Crippen molar-refractivity contribution in [3.63, 3.8) is 0 Å². The Morgan fingerprint density at radius 1 is 1.00 bits per heavy atom. The van der Waals surface area contributed by atoms with Gasteiger partial charge in [-0.25, -0.2) is 17.5 Å². The van der Waals surface area contributed by atoms with Crippen molar-refractivity contribution in [2.75, 3.05) is 26.0 Å². The normalized spacial score (nSPS) is 11.5. The van der Waals surface area contributed by atoms with Crippen LogP contribution in [-0.2, 0) is 19.6 Å². The van der Waals surface area contributed by atoms with Crippen LogP contribution in [0, 0.1) is 20.8 Å². The van der Waals surface area contributed by atoms with Crippen LogP contribution in [0.5, 0.6) is 0 Å². The predicted molar refractivity (Wildman–Crippen MR) is 126 cm³/mol. The van der Waals surface area contributed by atoms with Crippen molar-refractivity contribution in [1.82, 2.24) is 8.87 Å². The van der Waals surface area contributed by atoms with Crippen LogP contribution in [0.1, 0.15) is 27.3 Å². The molecule has 3 aromatic rings. The van der Waals surface area contributed by atoms with Gasteiger partial charge in [0.15, 0.2) is 6.61 Å². The Labute approximate surface area is 193 Å². The summed E-state index contributed by atoms with van der Waals surface area (Å²) in [5.41, 5.74) is 4.29. The number of aryl methyl sites for hydroxylation is 2. The number of sulfonamides is 1. The lowest BCUT2D eigenvalue weighted by atomic mass is 10.2. The largest absolute Gasteiger partial charge is 0.452 e. The van der Waals surface area contributed by atoms with Gasteiger partial charge in [-0.3, -0.25) is 4.79 Å². The maximum atomic E-state index is 12.6. The topological polar surface area (TPSA) is 97.7 Å². The van der Waals surface area contributed by atoms with Gasteiger partial charge < -0.3 is 14.6 Å². The molecule has 0 saturated carbocycles. The third-order valence-electron chi connectivity index (χ3n) is 5.14. The van der Waals surface area contributed by atoms with Crippen molar-refractivity contribution in [2.45, 2.75) is 25.7 Å². The Morgan fingerprint density at radius 2 is 1.70 bits per heavy atom. The Balaban J connectivity index is 1.69. The first-order valence-electron chi connectivity index (χ1n) is 10.3. The number of nitrogens with one attached hydrogen (secondary N) is 1. The minimum Gasteiger partial charge on any atom is -0.452 e. The average Bonchev–Trinajstić information content (AvgIpc) is 3.06. The average molecular weight is 470 g/mol. The molecule has 0 radical (unpaired) electrons. The van der Waals surface area contributed by atoms with Crippen LogP contribution in [0.3, 0.4) is 0 Å². The number of esters is 1. The maximum Gasteiger partial charge on any atom is 0.340 e. The first kappa shape index (κ1) is 24.2. The number of nitrogens with zero attached hydrogens (tertiary/aromatic N) is 2. The number of carbonyl (C=O) groups excluding carboxylic acids is 2. The van der Waals surface area contributed by atoms with Crippen molar-refractivity contribution in [2.24, 2.45) is 0 Å². The van der Waals surface area contributed by atoms with Crippen LogP contribution in [0.4, 0.5) is 5.69 Å². The van der Waals surface area contributed by atoms with Gasteiger partial charge in [-0.1, -0.05) is 18.2 Å². The molecule has 0 atom stereocenters. The van der Waals surface area contributed by atoms with Crippen LogP contribution in [0.2, 0.25) is 0 Å². The Hall–Kier alpha value is -3.43. The summed E-state index contributed by atoms with van der Waals surface area (Å²) in [6.07, 6.45) is 0. The van der Waals surface area contributed by atoms with Crippen LogP contribution in [-0.4, -0.2) is 49.9 Å². The molecule has 0 aliphatic rings. The van der Waals surface area contributed by atoms with Crippen molar-refractivity contribution in [3.05, 3.63) is 77.1 Å². The summed E-state index contributed by atoms with van der Waals surface area (Å²) in [5.74, 6) is -1.18. The second-order valence-corrected chi connectivity index (χ2v) is 10.1. The van der Waals surface area contributed by atoms with E-state index < -0.39 is 28.5 Å². The fraction of sp³-hybridized carbons (Fsp3) is 0.250. The van der Waals surface area contributed by atoms with E-state index in [1.54, 1.807) is 12.1 Å². The number of amides is 1. The molecule has 9 heteroatoms. The highest BCUT2D eigenvalue weighted by Crippen LogP contribution is 2.22. The molecule has 0 fully saturated rings. The quantitative estimate of drug-likeness (QED) is 0.535. The van der Waals surface area contributed by atoms with Crippen molar-refractivity contribution >= 4 is 27.6 Å². The summed E-state index contributed by atoms with van der Waals surface area (Å²) in [6, 6.07) is 15.5. The smallest absolute Gasteiger partial charge is 0.340 e. The van der Waals surface area contributed by atoms with Gasteiger partial charge in [0.1, 0.15) is 0 Å². The van der Waals surface area contributed by atoms with E-state index in [4.69, 9.17) is 4.74 Å². The molecular formula is C24H27N3O5S. The summed E-state index contributed by atoms with van der Waals surface area (Å²) in [4.78, 5) is 25.0. The number of ether oxygens (including phenoxy) is 1. The van der Waals surface area contributed by atoms with E-state index >= 15 is 0 Å². The van der Waals surface area contributed by atoms with Gasteiger partial charge in [0.05, 0.1) is 10.5 Å². The van der Waals surface area contributed by atoms with Crippen molar-refractivity contribution in [1.29, 1.82) is 0 Å². The molecule has 0 unspecified atom stereocenters. The molecule has 0 aliphatic heterocycles. The molecule has 1 aromatic heterocycles. The summed E-state index contributed by atoms with van der Waals surface area (Å²) in [6.45, 7) is 5.21. The van der Waals surface area contributed by atoms with Crippen molar-refractivity contribution < 1.29 is 22.7 Å². The van der Waals surface area contributed by atoms with Crippen LogP contribution in [0.25, 0.3) is 5.69 Å². The van der Waals surface area contributed by atoms with E-state index in [-0.39, 0.29) is 10.6 Å². The Kier molecular flexibility index (Phi) is 7.04. The molecule has 1 heterocycles. The highest BCUT2D eigenvalue weighted by Gasteiger charge is 2.20. The number of rotatable bonds is 7. The van der Waals surface area contributed by atoms with Gasteiger partial charge >= 0.3 is 5.97 Å². The highest BCUT2D eigenvalue weighted by atomic mass is 32.2. The summed E-state index contributed by atoms with van der Waals surface area (Å²) in [5, 5.41) is 2.56. The third-order valence-corrected chi connectivity index (χ3v) is 6.95. The number of hydrogen-bond acceptors (Lipinski definition) is 5. The summed E-state index contributed by atoms with van der Waals surface area (Å²) in [7, 11) is -0.782. The summed E-state index contributed by atoms with van der Waals surface area (Å²) < 4.78 is 32.8. The molecule has 1 amide bonds. The lowest BCUT2D eigenvalue weighted by molar-refractivity contribution is -0.119. The minimum absolute atomic E-state index is 0.0471. The zero-order valence-electron chi connectivity index (χ0n) is 19.2. The molecule has 0 aliphatic carbocycles. The van der Waals surface area contributed by atoms with Gasteiger partial charge in [0.2, 0.25) is 10.0 Å². The van der Waals surface area contributed by atoms with Gasteiger partial charge in [-0.05, 0) is 62.7 Å². The molecule has 0 bridgehead atoms. The fourth-order valence-electron chi connectivity index (χ4n) is 3.48. The maximum absolute atomic E-state index is 12.6. The van der Waals surface area contributed by atoms with Gasteiger partial charge in [-0.2, -0.15) is 0 Å². The molecule has 1 N–H and O–H groups in total. The second-order valence-electron chi connectivity index (χ2n) is 7.90. The zero-order valence-corrected chi connectivity index (χ0v) is 20.1. The lowest BCUT2D eigenvalue weighted by Crippen LogP contribution is -2.23. The predicted octanol–water partition coefficient (Wildman–Crippen LogP) is 3.45. The molecule has 2 aromatic carbocycles. The van der Waals surface area contributed by atoms with Crippen LogP contribution < -0.4 is 5.32 Å². The van der Waals surface area contributed by atoms with Gasteiger partial charge in [0.25, 0.3) is 5.91 Å². The van der Waals surface area contributed by atoms with E-state index in [1.807, 2.05) is 49.6 Å². The SMILES string of the molecule is Cc1cccc(-n2c(C)cc(C(=O)OCC(=O)Nc3cccc(S(=O)(=O)N(C)C)c3)c2C)c1. The number of hydrogen-bond donors (Lipinski definition) is 1. The molecule has 33 heavy (non-hydrogen) atoms. The Morgan fingerprint density at radius 3 is 2.36 bits per heavy atom. The van der Waals surface area contributed by atoms with E-state index in [0.29, 0.717) is 11.3 Å². The first-order chi connectivity index (χ1) is 15.5. The lowest BCUT2D eigenvalue weighted by Gasteiger charge is -2.13. The zero-order chi connectivity index (χ0) is 24.3. The third kappa shape index (κ3) is 5.32. The van der Waals surface area contributed by atoms with Crippen LogP contribution in [0.15, 0.2) is 59.5 Å². The standard InChI is InChI=1S/C24H27N3O5S/c1-16-8-6-10-20(12-16)27-17(2)13-22(18(27)3)24(29)32-15-23(28)25-19-9-7-11-21(14-19)33(30,31)26(4)5/h6-14H,15H2,1-5H3,(H,25,28). The highest BCUT2D eigenvalue weighted by molar-refractivity contribution is 7.89. The molecule has 0 saturated heterocycles. The van der Waals surface area contributed by atoms with Gasteiger partial charge in [0, 0.05) is 36.9 Å². The van der Waals surface area contributed by atoms with Crippen molar-refractivity contribution in [3.8, 4) is 5.69 Å². The van der Waals surface area contributed by atoms with E-state index in [0.717, 1.165) is 21.2 Å². The van der Waals surface area contributed by atoms with E-state index in [2.05, 4.69) is 5.32 Å². The number of anilines is 1. The van der Waals surface area contributed by atoms with E-state index in [1.165, 1.54) is 32.3 Å².